The van der Waals surface area contributed by atoms with E-state index in [9.17, 15) is 0 Å². The SMILES string of the molecule is Cc1ccccc1OP(Oc1ccccc1C)Oc1ccc(C(C)(C)CC(C)(C)C)cc1Sc1cc(C(C)(C)CC(C)(C)C)ccc1OP(Oc1ccccc1C)Oc1ccccc1C. The largest absolute Gasteiger partial charge is 0.530 e. The summed E-state index contributed by atoms with van der Waals surface area (Å²) in [5.41, 5.74) is 6.24. The lowest BCUT2D eigenvalue weighted by Gasteiger charge is -2.34. The van der Waals surface area contributed by atoms with Crippen molar-refractivity contribution in [1.29, 1.82) is 0 Å². The van der Waals surface area contributed by atoms with Gasteiger partial charge in [0.2, 0.25) is 0 Å². The van der Waals surface area contributed by atoms with Crippen molar-refractivity contribution in [3.05, 3.63) is 167 Å². The molecule has 0 atom stereocenters. The molecule has 6 rings (SSSR count). The molecule has 344 valence electrons. The van der Waals surface area contributed by atoms with Gasteiger partial charge in [0.1, 0.15) is 34.5 Å². The third kappa shape index (κ3) is 14.2. The maximum atomic E-state index is 6.99. The van der Waals surface area contributed by atoms with E-state index in [4.69, 9.17) is 27.1 Å². The maximum absolute atomic E-state index is 6.99. The third-order valence-corrected chi connectivity index (χ3v) is 14.2. The van der Waals surface area contributed by atoms with Gasteiger partial charge in [0.25, 0.3) is 0 Å². The summed E-state index contributed by atoms with van der Waals surface area (Å²) in [4.78, 5) is 1.80. The van der Waals surface area contributed by atoms with Crippen LogP contribution in [0, 0.1) is 38.5 Å². The fourth-order valence-electron chi connectivity index (χ4n) is 8.37. The second-order valence-corrected chi connectivity index (χ2v) is 23.8. The van der Waals surface area contributed by atoms with E-state index in [1.807, 2.05) is 125 Å². The van der Waals surface area contributed by atoms with E-state index in [2.05, 4.69) is 106 Å². The van der Waals surface area contributed by atoms with Crippen LogP contribution in [-0.4, -0.2) is 0 Å². The lowest BCUT2D eigenvalue weighted by Crippen LogP contribution is -2.25. The Morgan fingerprint density at radius 3 is 0.877 bits per heavy atom. The predicted octanol–water partition coefficient (Wildman–Crippen LogP) is 18.0. The third-order valence-electron chi connectivity index (χ3n) is 11.0. The quantitative estimate of drug-likeness (QED) is 0.0796. The summed E-state index contributed by atoms with van der Waals surface area (Å²) in [5, 5.41) is 0. The molecule has 0 spiro atoms. The molecule has 0 aliphatic heterocycles. The first-order valence-electron chi connectivity index (χ1n) is 22.4. The molecule has 0 bridgehead atoms. The second kappa shape index (κ2) is 20.9. The van der Waals surface area contributed by atoms with Crippen LogP contribution >= 0.6 is 29.0 Å². The van der Waals surface area contributed by atoms with Crippen LogP contribution in [0.3, 0.4) is 0 Å². The molecule has 0 aromatic heterocycles. The van der Waals surface area contributed by atoms with E-state index in [0.717, 1.165) is 44.9 Å². The van der Waals surface area contributed by atoms with Crippen LogP contribution in [0.15, 0.2) is 143 Å². The van der Waals surface area contributed by atoms with Crippen LogP contribution in [0.2, 0.25) is 0 Å². The van der Waals surface area contributed by atoms with Crippen LogP contribution in [0.5, 0.6) is 34.5 Å². The smallest absolute Gasteiger partial charge is 0.408 e. The van der Waals surface area contributed by atoms with Gasteiger partial charge in [0, 0.05) is 0 Å². The molecule has 9 heteroatoms. The van der Waals surface area contributed by atoms with Gasteiger partial charge in [-0.05, 0) is 144 Å². The molecule has 0 unspecified atom stereocenters. The van der Waals surface area contributed by atoms with Crippen LogP contribution in [0.4, 0.5) is 0 Å². The van der Waals surface area contributed by atoms with Gasteiger partial charge in [0.15, 0.2) is 0 Å². The number of para-hydroxylation sites is 4. The van der Waals surface area contributed by atoms with Crippen molar-refractivity contribution in [2.24, 2.45) is 10.8 Å². The molecule has 0 radical (unpaired) electrons. The molecular weight excluding hydrogens is 863 g/mol. The summed E-state index contributed by atoms with van der Waals surface area (Å²) in [7, 11) is -3.96. The lowest BCUT2D eigenvalue weighted by molar-refractivity contribution is 0.283. The average molecular weight is 931 g/mol. The van der Waals surface area contributed by atoms with E-state index in [0.29, 0.717) is 34.5 Å². The zero-order chi connectivity index (χ0) is 47.2. The Labute approximate surface area is 396 Å². The molecule has 0 N–H and O–H groups in total. The van der Waals surface area contributed by atoms with Gasteiger partial charge in [-0.1, -0.05) is 166 Å². The van der Waals surface area contributed by atoms with Crippen LogP contribution < -0.4 is 27.1 Å². The molecule has 6 aromatic rings. The van der Waals surface area contributed by atoms with Crippen LogP contribution in [-0.2, 0) is 10.8 Å². The molecule has 6 nitrogen and oxygen atoms in total. The number of hydrogen-bond acceptors (Lipinski definition) is 7. The first kappa shape index (κ1) is 49.8. The fraction of sp³-hybridized carbons (Fsp3) is 0.357. The summed E-state index contributed by atoms with van der Waals surface area (Å²) in [6, 6.07) is 44.8. The van der Waals surface area contributed by atoms with E-state index in [1.54, 1.807) is 11.8 Å². The Morgan fingerprint density at radius 1 is 0.354 bits per heavy atom. The van der Waals surface area contributed by atoms with E-state index in [-0.39, 0.29) is 21.7 Å². The second-order valence-electron chi connectivity index (χ2n) is 20.7. The highest BCUT2D eigenvalue weighted by molar-refractivity contribution is 7.99. The Morgan fingerprint density at radius 2 is 0.615 bits per heavy atom. The number of rotatable bonds is 18. The molecule has 0 saturated carbocycles. The van der Waals surface area contributed by atoms with Gasteiger partial charge < -0.3 is 27.1 Å². The molecule has 0 heterocycles. The topological polar surface area (TPSA) is 55.4 Å². The van der Waals surface area contributed by atoms with Crippen molar-refractivity contribution in [2.45, 2.75) is 130 Å². The van der Waals surface area contributed by atoms with Gasteiger partial charge in [0.05, 0.1) is 9.79 Å². The van der Waals surface area contributed by atoms with Crippen molar-refractivity contribution in [3.8, 4) is 34.5 Å². The van der Waals surface area contributed by atoms with Crippen LogP contribution in [0.25, 0.3) is 0 Å². The molecule has 65 heavy (non-hydrogen) atoms. The van der Waals surface area contributed by atoms with Crippen LogP contribution in [0.1, 0.15) is 115 Å². The summed E-state index contributed by atoms with van der Waals surface area (Å²) in [5.74, 6) is 4.07. The standard InChI is InChI=1S/C56H68O6P2S/c1-39-23-15-19-27-45(39)57-63(58-46-28-20-16-24-40(46)2)61-49-33-31-43(55(11,12)37-53(5,6)7)35-51(49)65-52-36-44(56(13,14)38-54(8,9)10)32-34-50(52)62-64(59-47-29-21-17-25-41(47)3)60-48-30-22-18-26-42(48)4/h15-36H,37-38H2,1-14H3. The maximum Gasteiger partial charge on any atom is 0.530 e. The van der Waals surface area contributed by atoms with Gasteiger partial charge in [-0.15, -0.1) is 0 Å². The Kier molecular flexibility index (Phi) is 16.0. The zero-order valence-corrected chi connectivity index (χ0v) is 43.5. The van der Waals surface area contributed by atoms with Gasteiger partial charge in [-0.25, -0.2) is 0 Å². The zero-order valence-electron chi connectivity index (χ0n) is 40.9. The first-order chi connectivity index (χ1) is 30.5. The molecular formula is C56H68O6P2S. The van der Waals surface area contributed by atoms with Gasteiger partial charge in [-0.3, -0.25) is 0 Å². The fourth-order valence-corrected chi connectivity index (χ4v) is 11.8. The highest BCUT2D eigenvalue weighted by Crippen LogP contribution is 2.53. The van der Waals surface area contributed by atoms with Crippen molar-refractivity contribution >= 4 is 29.0 Å². The summed E-state index contributed by atoms with van der Waals surface area (Å²) in [6.07, 6.45) is 1.96. The van der Waals surface area contributed by atoms with Crippen molar-refractivity contribution in [1.82, 2.24) is 0 Å². The Bertz CT molecular complexity index is 2270. The van der Waals surface area contributed by atoms with Gasteiger partial charge in [-0.2, -0.15) is 0 Å². The number of aryl methyl sites for hydroxylation is 4. The normalized spacial score (nSPS) is 12.3. The molecule has 0 aliphatic carbocycles. The molecule has 0 amide bonds. The molecule has 0 saturated heterocycles. The first-order valence-corrected chi connectivity index (χ1v) is 25.4. The van der Waals surface area contributed by atoms with E-state index in [1.165, 1.54) is 11.1 Å². The highest BCUT2D eigenvalue weighted by atomic mass is 32.2. The predicted molar refractivity (Wildman–Crippen MR) is 274 cm³/mol. The lowest BCUT2D eigenvalue weighted by atomic mass is 9.72. The van der Waals surface area contributed by atoms with E-state index < -0.39 is 17.2 Å². The molecule has 0 aliphatic rings. The van der Waals surface area contributed by atoms with Crippen molar-refractivity contribution in [3.63, 3.8) is 0 Å². The minimum Gasteiger partial charge on any atom is -0.408 e. The Balaban J connectivity index is 1.50. The van der Waals surface area contributed by atoms with Gasteiger partial charge >= 0.3 is 17.2 Å². The highest BCUT2D eigenvalue weighted by Gasteiger charge is 2.33. The summed E-state index contributed by atoms with van der Waals surface area (Å²) < 4.78 is 40.6. The molecule has 6 aromatic carbocycles. The average Bonchev–Trinajstić information content (AvgIpc) is 3.20. The van der Waals surface area contributed by atoms with E-state index >= 15 is 0 Å². The number of benzene rings is 6. The molecule has 0 fully saturated rings. The van der Waals surface area contributed by atoms with Crippen molar-refractivity contribution < 1.29 is 27.1 Å². The minimum atomic E-state index is -1.98. The van der Waals surface area contributed by atoms with Crippen molar-refractivity contribution in [2.75, 3.05) is 0 Å². The summed E-state index contributed by atoms with van der Waals surface area (Å²) >= 11 is 1.61. The number of hydrogen-bond donors (Lipinski definition) is 0. The Hall–Kier alpha value is -4.67. The summed E-state index contributed by atoms with van der Waals surface area (Å²) in [6.45, 7) is 31.2. The minimum absolute atomic E-state index is 0.0996. The monoisotopic (exact) mass is 930 g/mol.